The van der Waals surface area contributed by atoms with Crippen LogP contribution in [0.1, 0.15) is 36.2 Å². The van der Waals surface area contributed by atoms with Gasteiger partial charge in [0, 0.05) is 23.5 Å². The first kappa shape index (κ1) is 12.3. The fraction of sp³-hybridized carbons (Fsp3) is 0.462. The first-order chi connectivity index (χ1) is 8.16. The second-order valence-electron chi connectivity index (χ2n) is 4.55. The second-order valence-corrected chi connectivity index (χ2v) is 5.53. The third-order valence-electron chi connectivity index (χ3n) is 2.70. The molecule has 0 aliphatic rings. The Morgan fingerprint density at radius 3 is 2.82 bits per heavy atom. The van der Waals surface area contributed by atoms with Gasteiger partial charge in [0.05, 0.1) is 5.69 Å². The third-order valence-corrected chi connectivity index (χ3v) is 3.65. The zero-order chi connectivity index (χ0) is 12.3. The number of aromatic nitrogens is 1. The fourth-order valence-electron chi connectivity index (χ4n) is 1.85. The van der Waals surface area contributed by atoms with Crippen LogP contribution in [0.15, 0.2) is 28.1 Å². The van der Waals surface area contributed by atoms with Crippen molar-refractivity contribution in [2.24, 2.45) is 5.92 Å². The van der Waals surface area contributed by atoms with E-state index in [1.165, 1.54) is 4.88 Å². The largest absolute Gasteiger partial charge is 0.361 e. The van der Waals surface area contributed by atoms with Crippen LogP contribution in [-0.2, 0) is 6.54 Å². The molecule has 17 heavy (non-hydrogen) atoms. The highest BCUT2D eigenvalue weighted by atomic mass is 32.1. The molecule has 2 rings (SSSR count). The molecular weight excluding hydrogens is 232 g/mol. The van der Waals surface area contributed by atoms with Crippen LogP contribution in [0.5, 0.6) is 0 Å². The van der Waals surface area contributed by atoms with E-state index in [2.05, 4.69) is 41.8 Å². The summed E-state index contributed by atoms with van der Waals surface area (Å²) in [5.41, 5.74) is 0.963. The fourth-order valence-corrected chi connectivity index (χ4v) is 2.82. The predicted octanol–water partition coefficient (Wildman–Crippen LogP) is 3.53. The standard InChI is InChI=1S/C13H18N2OS/c1-9(2)13(12-5-4-6-17-12)14-8-11-7-10(3)16-15-11/h4-7,9,13-14H,8H2,1-3H3. The lowest BCUT2D eigenvalue weighted by Gasteiger charge is -2.20. The number of aryl methyl sites for hydroxylation is 1. The predicted molar refractivity (Wildman–Crippen MR) is 70.0 cm³/mol. The summed E-state index contributed by atoms with van der Waals surface area (Å²) in [6, 6.07) is 6.62. The molecule has 0 saturated carbocycles. The Balaban J connectivity index is 1.99. The van der Waals surface area contributed by atoms with E-state index >= 15 is 0 Å². The summed E-state index contributed by atoms with van der Waals surface area (Å²) < 4.78 is 5.06. The Labute approximate surface area is 106 Å². The van der Waals surface area contributed by atoms with Crippen LogP contribution in [0.3, 0.4) is 0 Å². The summed E-state index contributed by atoms with van der Waals surface area (Å²) in [5.74, 6) is 1.42. The van der Waals surface area contributed by atoms with Crippen LogP contribution in [0.2, 0.25) is 0 Å². The van der Waals surface area contributed by atoms with E-state index in [-0.39, 0.29) is 0 Å². The van der Waals surface area contributed by atoms with E-state index in [0.29, 0.717) is 12.0 Å². The van der Waals surface area contributed by atoms with Gasteiger partial charge in [-0.1, -0.05) is 25.1 Å². The molecule has 0 saturated heterocycles. The summed E-state index contributed by atoms with van der Waals surface area (Å²) in [7, 11) is 0. The minimum Gasteiger partial charge on any atom is -0.361 e. The highest BCUT2D eigenvalue weighted by Crippen LogP contribution is 2.26. The molecule has 1 unspecified atom stereocenters. The molecule has 0 aliphatic carbocycles. The van der Waals surface area contributed by atoms with Gasteiger partial charge in [0.25, 0.3) is 0 Å². The smallest absolute Gasteiger partial charge is 0.133 e. The lowest BCUT2D eigenvalue weighted by atomic mass is 10.0. The molecule has 2 aromatic heterocycles. The van der Waals surface area contributed by atoms with Gasteiger partial charge in [-0.05, 0) is 24.3 Å². The molecule has 1 N–H and O–H groups in total. The highest BCUT2D eigenvalue weighted by molar-refractivity contribution is 7.10. The number of hydrogen-bond donors (Lipinski definition) is 1. The van der Waals surface area contributed by atoms with E-state index in [1.54, 1.807) is 11.3 Å². The van der Waals surface area contributed by atoms with E-state index in [1.807, 2.05) is 13.0 Å². The Morgan fingerprint density at radius 2 is 2.29 bits per heavy atom. The molecule has 0 spiro atoms. The van der Waals surface area contributed by atoms with Crippen molar-refractivity contribution >= 4 is 11.3 Å². The first-order valence-electron chi connectivity index (χ1n) is 5.86. The highest BCUT2D eigenvalue weighted by Gasteiger charge is 2.16. The van der Waals surface area contributed by atoms with Gasteiger partial charge in [-0.3, -0.25) is 0 Å². The quantitative estimate of drug-likeness (QED) is 0.882. The lowest BCUT2D eigenvalue weighted by molar-refractivity contribution is 0.375. The summed E-state index contributed by atoms with van der Waals surface area (Å²) in [6.07, 6.45) is 0. The van der Waals surface area contributed by atoms with Crippen LogP contribution < -0.4 is 5.32 Å². The number of nitrogens with zero attached hydrogens (tertiary/aromatic N) is 1. The summed E-state index contributed by atoms with van der Waals surface area (Å²) in [5, 5.41) is 9.65. The van der Waals surface area contributed by atoms with Gasteiger partial charge in [0.2, 0.25) is 0 Å². The van der Waals surface area contributed by atoms with Crippen molar-refractivity contribution in [2.45, 2.75) is 33.4 Å². The molecule has 2 aromatic rings. The molecule has 1 atom stereocenters. The first-order valence-corrected chi connectivity index (χ1v) is 6.73. The molecule has 0 radical (unpaired) electrons. The molecule has 0 bridgehead atoms. The molecule has 4 heteroatoms. The van der Waals surface area contributed by atoms with Crippen molar-refractivity contribution in [3.05, 3.63) is 39.9 Å². The minimum atomic E-state index is 0.381. The van der Waals surface area contributed by atoms with Gasteiger partial charge >= 0.3 is 0 Å². The monoisotopic (exact) mass is 250 g/mol. The number of rotatable bonds is 5. The van der Waals surface area contributed by atoms with Crippen LogP contribution in [0.4, 0.5) is 0 Å². The molecular formula is C13H18N2OS. The van der Waals surface area contributed by atoms with E-state index in [4.69, 9.17) is 4.52 Å². The van der Waals surface area contributed by atoms with Crippen LogP contribution in [-0.4, -0.2) is 5.16 Å². The number of hydrogen-bond acceptors (Lipinski definition) is 4. The van der Waals surface area contributed by atoms with Crippen molar-refractivity contribution < 1.29 is 4.52 Å². The van der Waals surface area contributed by atoms with Crippen LogP contribution >= 0.6 is 11.3 Å². The minimum absolute atomic E-state index is 0.381. The van der Waals surface area contributed by atoms with Gasteiger partial charge in [0.1, 0.15) is 5.76 Å². The van der Waals surface area contributed by atoms with Gasteiger partial charge in [0.15, 0.2) is 0 Å². The zero-order valence-electron chi connectivity index (χ0n) is 10.4. The summed E-state index contributed by atoms with van der Waals surface area (Å²) in [6.45, 7) is 7.12. The molecule has 0 amide bonds. The van der Waals surface area contributed by atoms with Gasteiger partial charge in [-0.15, -0.1) is 11.3 Å². The molecule has 0 aliphatic heterocycles. The average molecular weight is 250 g/mol. The Morgan fingerprint density at radius 1 is 1.47 bits per heavy atom. The van der Waals surface area contributed by atoms with Crippen LogP contribution in [0.25, 0.3) is 0 Å². The van der Waals surface area contributed by atoms with Crippen molar-refractivity contribution in [2.75, 3.05) is 0 Å². The normalized spacial score (nSPS) is 13.2. The van der Waals surface area contributed by atoms with Gasteiger partial charge in [-0.2, -0.15) is 0 Å². The average Bonchev–Trinajstić information content (AvgIpc) is 2.90. The number of nitrogens with one attached hydrogen (secondary N) is 1. The lowest BCUT2D eigenvalue weighted by Crippen LogP contribution is -2.24. The number of thiophene rings is 1. The summed E-state index contributed by atoms with van der Waals surface area (Å²) >= 11 is 1.79. The maximum atomic E-state index is 5.06. The SMILES string of the molecule is Cc1cc(CNC(c2cccs2)C(C)C)no1. The molecule has 3 nitrogen and oxygen atoms in total. The Bertz CT molecular complexity index is 448. The molecule has 0 aromatic carbocycles. The molecule has 0 fully saturated rings. The molecule has 2 heterocycles. The maximum absolute atomic E-state index is 5.06. The third kappa shape index (κ3) is 3.17. The van der Waals surface area contributed by atoms with Crippen molar-refractivity contribution in [1.29, 1.82) is 0 Å². The zero-order valence-corrected chi connectivity index (χ0v) is 11.3. The summed E-state index contributed by atoms with van der Waals surface area (Å²) in [4.78, 5) is 1.38. The van der Waals surface area contributed by atoms with Crippen LogP contribution in [0, 0.1) is 12.8 Å². The topological polar surface area (TPSA) is 38.1 Å². The van der Waals surface area contributed by atoms with E-state index in [0.717, 1.165) is 18.0 Å². The molecule has 92 valence electrons. The van der Waals surface area contributed by atoms with E-state index < -0.39 is 0 Å². The second kappa shape index (κ2) is 5.47. The maximum Gasteiger partial charge on any atom is 0.133 e. The van der Waals surface area contributed by atoms with E-state index in [9.17, 15) is 0 Å². The van der Waals surface area contributed by atoms with Crippen molar-refractivity contribution in [3.8, 4) is 0 Å². The van der Waals surface area contributed by atoms with Gasteiger partial charge in [-0.25, -0.2) is 0 Å². The van der Waals surface area contributed by atoms with Crippen molar-refractivity contribution in [3.63, 3.8) is 0 Å². The Kier molecular flexibility index (Phi) is 3.97. The Hall–Kier alpha value is -1.13. The van der Waals surface area contributed by atoms with Gasteiger partial charge < -0.3 is 9.84 Å². The van der Waals surface area contributed by atoms with Crippen molar-refractivity contribution in [1.82, 2.24) is 10.5 Å².